The predicted octanol–water partition coefficient (Wildman–Crippen LogP) is 4.43. The van der Waals surface area contributed by atoms with Crippen LogP contribution in [0.2, 0.25) is 0 Å². The van der Waals surface area contributed by atoms with Gasteiger partial charge in [0, 0.05) is 5.69 Å². The summed E-state index contributed by atoms with van der Waals surface area (Å²) in [6, 6.07) is 12.3. The van der Waals surface area contributed by atoms with E-state index in [0.717, 1.165) is 16.7 Å². The summed E-state index contributed by atoms with van der Waals surface area (Å²) in [5.41, 5.74) is 4.65. The zero-order valence-electron chi connectivity index (χ0n) is 11.9. The molecule has 0 aromatic heterocycles. The van der Waals surface area contributed by atoms with Gasteiger partial charge in [-0.1, -0.05) is 18.2 Å². The minimum Gasteiger partial charge on any atom is -0.366 e. The van der Waals surface area contributed by atoms with Crippen molar-refractivity contribution in [2.75, 3.05) is 5.32 Å². The van der Waals surface area contributed by atoms with Crippen LogP contribution in [0.4, 0.5) is 10.1 Å². The maximum absolute atomic E-state index is 13.4. The van der Waals surface area contributed by atoms with Gasteiger partial charge in [0.1, 0.15) is 11.9 Å². The van der Waals surface area contributed by atoms with Gasteiger partial charge in [-0.15, -0.1) is 0 Å². The van der Waals surface area contributed by atoms with E-state index in [1.165, 1.54) is 17.7 Å². The third-order valence-electron chi connectivity index (χ3n) is 3.35. The van der Waals surface area contributed by atoms with Gasteiger partial charge in [-0.05, 0) is 61.2 Å². The average molecular weight is 268 g/mol. The molecule has 0 radical (unpaired) electrons. The van der Waals surface area contributed by atoms with E-state index in [1.54, 1.807) is 0 Å². The molecular weight excluding hydrogens is 251 g/mol. The topological polar surface area (TPSA) is 35.8 Å². The summed E-state index contributed by atoms with van der Waals surface area (Å²) in [6.07, 6.45) is 0. The van der Waals surface area contributed by atoms with Gasteiger partial charge in [-0.3, -0.25) is 0 Å². The Balaban J connectivity index is 2.29. The van der Waals surface area contributed by atoms with Crippen LogP contribution in [0.15, 0.2) is 36.4 Å². The Kier molecular flexibility index (Phi) is 4.05. The van der Waals surface area contributed by atoms with Gasteiger partial charge in [0.15, 0.2) is 0 Å². The Morgan fingerprint density at radius 3 is 2.40 bits per heavy atom. The number of nitrogens with one attached hydrogen (secondary N) is 1. The second kappa shape index (κ2) is 5.75. The zero-order valence-corrected chi connectivity index (χ0v) is 11.9. The molecule has 2 nitrogen and oxygen atoms in total. The minimum atomic E-state index is -0.490. The molecule has 0 fully saturated rings. The fraction of sp³-hybridized carbons (Fsp3) is 0.235. The van der Waals surface area contributed by atoms with Crippen LogP contribution in [0.5, 0.6) is 0 Å². The summed E-state index contributed by atoms with van der Waals surface area (Å²) in [4.78, 5) is 0. The van der Waals surface area contributed by atoms with Crippen LogP contribution < -0.4 is 5.32 Å². The van der Waals surface area contributed by atoms with Gasteiger partial charge in [-0.2, -0.15) is 5.26 Å². The Labute approximate surface area is 118 Å². The van der Waals surface area contributed by atoms with E-state index in [0.29, 0.717) is 5.69 Å². The Bertz CT molecular complexity index is 651. The van der Waals surface area contributed by atoms with Crippen molar-refractivity contribution in [1.82, 2.24) is 0 Å². The van der Waals surface area contributed by atoms with Crippen molar-refractivity contribution < 1.29 is 4.39 Å². The van der Waals surface area contributed by atoms with E-state index in [-0.39, 0.29) is 5.82 Å². The second-order valence-corrected chi connectivity index (χ2v) is 5.07. The summed E-state index contributed by atoms with van der Waals surface area (Å²) >= 11 is 0. The normalized spacial score (nSPS) is 11.8. The summed E-state index contributed by atoms with van der Waals surface area (Å²) < 4.78 is 13.4. The van der Waals surface area contributed by atoms with Crippen molar-refractivity contribution in [2.45, 2.75) is 26.8 Å². The molecule has 0 heterocycles. The van der Waals surface area contributed by atoms with E-state index in [9.17, 15) is 9.65 Å². The first kappa shape index (κ1) is 14.1. The van der Waals surface area contributed by atoms with E-state index in [4.69, 9.17) is 0 Å². The summed E-state index contributed by atoms with van der Waals surface area (Å²) in [6.45, 7) is 5.87. The first-order valence-electron chi connectivity index (χ1n) is 6.50. The van der Waals surface area contributed by atoms with E-state index in [2.05, 4.69) is 11.4 Å². The molecule has 102 valence electrons. The number of nitrogens with zero attached hydrogens (tertiary/aromatic N) is 1. The minimum absolute atomic E-state index is 0.302. The molecule has 20 heavy (non-hydrogen) atoms. The molecule has 0 aliphatic heterocycles. The standard InChI is InChI=1S/C17H17FN2/c1-11-6-15(18)9-16(7-11)20-17(10-19)14-5-4-12(2)13(3)8-14/h4-9,17,20H,1-3H3. The molecule has 0 amide bonds. The lowest BCUT2D eigenvalue weighted by Gasteiger charge is -2.15. The molecule has 1 atom stereocenters. The maximum Gasteiger partial charge on any atom is 0.140 e. The lowest BCUT2D eigenvalue weighted by molar-refractivity contribution is 0.627. The fourth-order valence-corrected chi connectivity index (χ4v) is 2.12. The maximum atomic E-state index is 13.4. The summed E-state index contributed by atoms with van der Waals surface area (Å²) in [7, 11) is 0. The molecule has 1 N–H and O–H groups in total. The van der Waals surface area contributed by atoms with Crippen LogP contribution in [0, 0.1) is 37.9 Å². The Morgan fingerprint density at radius 2 is 1.80 bits per heavy atom. The predicted molar refractivity (Wildman–Crippen MR) is 79.0 cm³/mol. The van der Waals surface area contributed by atoms with Crippen molar-refractivity contribution in [3.05, 3.63) is 64.5 Å². The lowest BCUT2D eigenvalue weighted by atomic mass is 10.0. The second-order valence-electron chi connectivity index (χ2n) is 5.07. The Morgan fingerprint density at radius 1 is 1.05 bits per heavy atom. The van der Waals surface area contributed by atoms with E-state index >= 15 is 0 Å². The molecule has 0 bridgehead atoms. The highest BCUT2D eigenvalue weighted by Crippen LogP contribution is 2.22. The highest BCUT2D eigenvalue weighted by Gasteiger charge is 2.11. The molecule has 0 saturated carbocycles. The molecule has 0 aliphatic rings. The van der Waals surface area contributed by atoms with Gasteiger partial charge in [0.25, 0.3) is 0 Å². The van der Waals surface area contributed by atoms with Crippen molar-refractivity contribution in [3.63, 3.8) is 0 Å². The van der Waals surface area contributed by atoms with Crippen LogP contribution in [0.3, 0.4) is 0 Å². The van der Waals surface area contributed by atoms with Gasteiger partial charge >= 0.3 is 0 Å². The smallest absolute Gasteiger partial charge is 0.140 e. The molecule has 0 spiro atoms. The van der Waals surface area contributed by atoms with E-state index < -0.39 is 6.04 Å². The van der Waals surface area contributed by atoms with Gasteiger partial charge in [-0.25, -0.2) is 4.39 Å². The first-order valence-corrected chi connectivity index (χ1v) is 6.50. The number of benzene rings is 2. The van der Waals surface area contributed by atoms with Crippen LogP contribution in [-0.2, 0) is 0 Å². The van der Waals surface area contributed by atoms with Crippen LogP contribution in [0.1, 0.15) is 28.3 Å². The molecule has 2 aromatic rings. The number of hydrogen-bond acceptors (Lipinski definition) is 2. The molecule has 0 saturated heterocycles. The third kappa shape index (κ3) is 3.16. The van der Waals surface area contributed by atoms with E-state index in [1.807, 2.05) is 45.0 Å². The molecule has 0 aliphatic carbocycles. The van der Waals surface area contributed by atoms with Crippen molar-refractivity contribution in [2.24, 2.45) is 0 Å². The van der Waals surface area contributed by atoms with Gasteiger partial charge in [0.05, 0.1) is 6.07 Å². The van der Waals surface area contributed by atoms with Gasteiger partial charge < -0.3 is 5.32 Å². The highest BCUT2D eigenvalue weighted by molar-refractivity contribution is 5.50. The van der Waals surface area contributed by atoms with Gasteiger partial charge in [0.2, 0.25) is 0 Å². The molecule has 1 unspecified atom stereocenters. The number of anilines is 1. The van der Waals surface area contributed by atoms with Crippen LogP contribution in [0.25, 0.3) is 0 Å². The molecular formula is C17H17FN2. The molecule has 3 heteroatoms. The lowest BCUT2D eigenvalue weighted by Crippen LogP contribution is -2.09. The van der Waals surface area contributed by atoms with Crippen molar-refractivity contribution >= 4 is 5.69 Å². The monoisotopic (exact) mass is 268 g/mol. The zero-order chi connectivity index (χ0) is 14.7. The van der Waals surface area contributed by atoms with Crippen LogP contribution in [-0.4, -0.2) is 0 Å². The number of rotatable bonds is 3. The SMILES string of the molecule is Cc1cc(F)cc(NC(C#N)c2ccc(C)c(C)c2)c1. The number of nitriles is 1. The number of aryl methyl sites for hydroxylation is 3. The largest absolute Gasteiger partial charge is 0.366 e. The molecule has 2 rings (SSSR count). The van der Waals surface area contributed by atoms with Crippen LogP contribution >= 0.6 is 0 Å². The van der Waals surface area contributed by atoms with Crippen molar-refractivity contribution in [3.8, 4) is 6.07 Å². The molecule has 2 aromatic carbocycles. The number of hydrogen-bond donors (Lipinski definition) is 1. The highest BCUT2D eigenvalue weighted by atomic mass is 19.1. The fourth-order valence-electron chi connectivity index (χ4n) is 2.12. The summed E-state index contributed by atoms with van der Waals surface area (Å²) in [5.74, 6) is -0.302. The average Bonchev–Trinajstić information content (AvgIpc) is 2.38. The quantitative estimate of drug-likeness (QED) is 0.894. The third-order valence-corrected chi connectivity index (χ3v) is 3.35. The Hall–Kier alpha value is -2.34. The summed E-state index contributed by atoms with van der Waals surface area (Å²) in [5, 5.41) is 12.4. The first-order chi connectivity index (χ1) is 9.49. The van der Waals surface area contributed by atoms with Crippen molar-refractivity contribution in [1.29, 1.82) is 5.26 Å². The number of halogens is 1.